The zero-order valence-corrected chi connectivity index (χ0v) is 14.9. The fourth-order valence-electron chi connectivity index (χ4n) is 3.16. The number of halogens is 2. The maximum absolute atomic E-state index is 12.4. The summed E-state index contributed by atoms with van der Waals surface area (Å²) in [6.07, 6.45) is 0. The van der Waals surface area contributed by atoms with E-state index in [4.69, 9.17) is 9.15 Å². The largest absolute Gasteiger partial charge is 0.457 e. The number of carbonyl (C=O) groups is 1. The molecule has 1 heterocycles. The Bertz CT molecular complexity index is 1260. The van der Waals surface area contributed by atoms with Gasteiger partial charge in [-0.25, -0.2) is 9.59 Å². The second-order valence-corrected chi connectivity index (χ2v) is 6.23. The standard InChI is InChI=1S/C22H14F2O5/c23-22(24)28-16-6-3-5-14(10-16)21(26)27-12-15-11-19(25)29-18-9-8-13-4-1-2-7-17(13)20(15)18/h1-11,22H,12H2. The number of carbonyl (C=O) groups excluding carboxylic acids is 1. The number of benzene rings is 3. The zero-order valence-electron chi connectivity index (χ0n) is 14.9. The van der Waals surface area contributed by atoms with Crippen molar-refractivity contribution in [2.45, 2.75) is 13.2 Å². The third-order valence-electron chi connectivity index (χ3n) is 4.37. The Morgan fingerprint density at radius 1 is 1.00 bits per heavy atom. The first-order valence-electron chi connectivity index (χ1n) is 8.68. The Morgan fingerprint density at radius 3 is 2.66 bits per heavy atom. The van der Waals surface area contributed by atoms with E-state index in [-0.39, 0.29) is 17.9 Å². The summed E-state index contributed by atoms with van der Waals surface area (Å²) in [4.78, 5) is 24.3. The highest BCUT2D eigenvalue weighted by molar-refractivity contribution is 6.07. The van der Waals surface area contributed by atoms with Gasteiger partial charge in [0.05, 0.1) is 5.56 Å². The van der Waals surface area contributed by atoms with Gasteiger partial charge in [0.15, 0.2) is 0 Å². The average molecular weight is 396 g/mol. The third kappa shape index (κ3) is 3.94. The SMILES string of the molecule is O=C(OCc1cc(=O)oc2ccc3ccccc3c12)c1cccc(OC(F)F)c1. The fourth-order valence-corrected chi connectivity index (χ4v) is 3.16. The monoisotopic (exact) mass is 396 g/mol. The maximum Gasteiger partial charge on any atom is 0.387 e. The van der Waals surface area contributed by atoms with Gasteiger partial charge in [-0.05, 0) is 35.0 Å². The molecule has 0 fully saturated rings. The van der Waals surface area contributed by atoms with Crippen LogP contribution in [0.3, 0.4) is 0 Å². The number of hydrogen-bond donors (Lipinski definition) is 0. The van der Waals surface area contributed by atoms with Crippen LogP contribution in [0.25, 0.3) is 21.7 Å². The second-order valence-electron chi connectivity index (χ2n) is 6.23. The lowest BCUT2D eigenvalue weighted by molar-refractivity contribution is -0.0499. The lowest BCUT2D eigenvalue weighted by Crippen LogP contribution is -2.09. The topological polar surface area (TPSA) is 65.7 Å². The lowest BCUT2D eigenvalue weighted by atomic mass is 10.0. The van der Waals surface area contributed by atoms with Crippen LogP contribution >= 0.6 is 0 Å². The van der Waals surface area contributed by atoms with E-state index in [9.17, 15) is 18.4 Å². The van der Waals surface area contributed by atoms with Crippen molar-refractivity contribution in [3.05, 3.63) is 88.3 Å². The van der Waals surface area contributed by atoms with Crippen LogP contribution in [-0.4, -0.2) is 12.6 Å². The predicted molar refractivity (Wildman–Crippen MR) is 102 cm³/mol. The summed E-state index contributed by atoms with van der Waals surface area (Å²) in [6, 6.07) is 17.7. The van der Waals surface area contributed by atoms with Crippen molar-refractivity contribution in [1.82, 2.24) is 0 Å². The molecule has 3 aromatic carbocycles. The van der Waals surface area contributed by atoms with Crippen LogP contribution in [0.5, 0.6) is 5.75 Å². The number of alkyl halides is 2. The minimum absolute atomic E-state index is 0.0558. The number of fused-ring (bicyclic) bond motifs is 3. The lowest BCUT2D eigenvalue weighted by Gasteiger charge is -2.10. The molecule has 0 amide bonds. The molecule has 1 aromatic heterocycles. The highest BCUT2D eigenvalue weighted by Crippen LogP contribution is 2.28. The molecule has 146 valence electrons. The van der Waals surface area contributed by atoms with E-state index in [2.05, 4.69) is 4.74 Å². The number of rotatable bonds is 5. The van der Waals surface area contributed by atoms with Crippen LogP contribution in [0.1, 0.15) is 15.9 Å². The Balaban J connectivity index is 1.65. The molecule has 0 unspecified atom stereocenters. The molecule has 0 bridgehead atoms. The maximum atomic E-state index is 12.4. The van der Waals surface area contributed by atoms with Gasteiger partial charge in [-0.1, -0.05) is 36.4 Å². The van der Waals surface area contributed by atoms with E-state index >= 15 is 0 Å². The molecule has 0 saturated heterocycles. The Hall–Kier alpha value is -3.74. The van der Waals surface area contributed by atoms with Crippen molar-refractivity contribution >= 4 is 27.7 Å². The Labute approximate surface area is 163 Å². The van der Waals surface area contributed by atoms with Gasteiger partial charge in [0, 0.05) is 17.0 Å². The number of hydrogen-bond acceptors (Lipinski definition) is 5. The highest BCUT2D eigenvalue weighted by Gasteiger charge is 2.14. The van der Waals surface area contributed by atoms with Crippen LogP contribution in [0.4, 0.5) is 8.78 Å². The first kappa shape index (κ1) is 18.6. The van der Waals surface area contributed by atoms with Gasteiger partial charge < -0.3 is 13.9 Å². The molecule has 5 nitrogen and oxygen atoms in total. The van der Waals surface area contributed by atoms with Crippen molar-refractivity contribution in [2.75, 3.05) is 0 Å². The molecule has 0 aliphatic rings. The average Bonchev–Trinajstić information content (AvgIpc) is 2.71. The van der Waals surface area contributed by atoms with Gasteiger partial charge in [-0.15, -0.1) is 0 Å². The normalized spacial score (nSPS) is 11.1. The van der Waals surface area contributed by atoms with Gasteiger partial charge in [0.1, 0.15) is 17.9 Å². The van der Waals surface area contributed by atoms with E-state index < -0.39 is 18.2 Å². The van der Waals surface area contributed by atoms with Gasteiger partial charge in [0.25, 0.3) is 0 Å². The van der Waals surface area contributed by atoms with Crippen LogP contribution in [-0.2, 0) is 11.3 Å². The molecule has 0 aliphatic heterocycles. The number of esters is 1. The Morgan fingerprint density at radius 2 is 1.83 bits per heavy atom. The van der Waals surface area contributed by atoms with Crippen LogP contribution in [0, 0.1) is 0 Å². The first-order chi connectivity index (χ1) is 14.0. The smallest absolute Gasteiger partial charge is 0.387 e. The molecule has 0 N–H and O–H groups in total. The van der Waals surface area contributed by atoms with E-state index in [0.29, 0.717) is 16.5 Å². The Kier molecular flexibility index (Phi) is 4.95. The molecular weight excluding hydrogens is 382 g/mol. The molecule has 0 saturated carbocycles. The van der Waals surface area contributed by atoms with E-state index in [0.717, 1.165) is 10.8 Å². The minimum atomic E-state index is -3.00. The molecule has 29 heavy (non-hydrogen) atoms. The van der Waals surface area contributed by atoms with Gasteiger partial charge in [-0.2, -0.15) is 8.78 Å². The molecular formula is C22H14F2O5. The molecule has 0 spiro atoms. The van der Waals surface area contributed by atoms with E-state index in [1.807, 2.05) is 30.3 Å². The fraction of sp³-hybridized carbons (Fsp3) is 0.0909. The summed E-state index contributed by atoms with van der Waals surface area (Å²) in [5.41, 5.74) is 0.363. The van der Waals surface area contributed by atoms with E-state index in [1.54, 1.807) is 6.07 Å². The summed E-state index contributed by atoms with van der Waals surface area (Å²) in [5, 5.41) is 2.47. The minimum Gasteiger partial charge on any atom is -0.457 e. The van der Waals surface area contributed by atoms with Crippen molar-refractivity contribution in [3.8, 4) is 5.75 Å². The van der Waals surface area contributed by atoms with Crippen LogP contribution in [0.15, 0.2) is 75.9 Å². The van der Waals surface area contributed by atoms with Crippen LogP contribution in [0.2, 0.25) is 0 Å². The zero-order chi connectivity index (χ0) is 20.4. The molecule has 7 heteroatoms. The molecule has 4 aromatic rings. The molecule has 4 rings (SSSR count). The summed E-state index contributed by atoms with van der Waals surface area (Å²) < 4.78 is 39.6. The van der Waals surface area contributed by atoms with Crippen molar-refractivity contribution in [1.29, 1.82) is 0 Å². The second kappa shape index (κ2) is 7.71. The third-order valence-corrected chi connectivity index (χ3v) is 4.37. The van der Waals surface area contributed by atoms with Gasteiger partial charge >= 0.3 is 18.2 Å². The van der Waals surface area contributed by atoms with E-state index in [1.165, 1.54) is 30.3 Å². The van der Waals surface area contributed by atoms with Crippen LogP contribution < -0.4 is 10.4 Å². The summed E-state index contributed by atoms with van der Waals surface area (Å²) in [5.74, 6) is -0.877. The molecule has 0 atom stereocenters. The molecule has 0 radical (unpaired) electrons. The van der Waals surface area contributed by atoms with Gasteiger partial charge in [0.2, 0.25) is 0 Å². The van der Waals surface area contributed by atoms with Gasteiger partial charge in [-0.3, -0.25) is 0 Å². The quantitative estimate of drug-likeness (QED) is 0.273. The summed E-state index contributed by atoms with van der Waals surface area (Å²) >= 11 is 0. The summed E-state index contributed by atoms with van der Waals surface area (Å²) in [7, 11) is 0. The predicted octanol–water partition coefficient (Wildman–Crippen LogP) is 4.90. The first-order valence-corrected chi connectivity index (χ1v) is 8.68. The van der Waals surface area contributed by atoms with Crippen molar-refractivity contribution < 1.29 is 27.5 Å². The highest BCUT2D eigenvalue weighted by atomic mass is 19.3. The molecule has 0 aliphatic carbocycles. The number of ether oxygens (including phenoxy) is 2. The van der Waals surface area contributed by atoms with Crippen molar-refractivity contribution in [3.63, 3.8) is 0 Å². The van der Waals surface area contributed by atoms with Crippen molar-refractivity contribution in [2.24, 2.45) is 0 Å². The summed E-state index contributed by atoms with van der Waals surface area (Å²) in [6.45, 7) is -3.18.